The zero-order valence-corrected chi connectivity index (χ0v) is 14.1. The zero-order valence-electron chi connectivity index (χ0n) is 13.3. The van der Waals surface area contributed by atoms with Gasteiger partial charge in [0, 0.05) is 19.7 Å². The lowest BCUT2D eigenvalue weighted by molar-refractivity contribution is 0.171. The van der Waals surface area contributed by atoms with Crippen LogP contribution in [0.2, 0.25) is 0 Å². The summed E-state index contributed by atoms with van der Waals surface area (Å²) in [5.74, 6) is 1.06. The lowest BCUT2D eigenvalue weighted by atomic mass is 10.2. The summed E-state index contributed by atoms with van der Waals surface area (Å²) in [6.45, 7) is 1.95. The first-order valence-corrected chi connectivity index (χ1v) is 9.24. The normalized spacial score (nSPS) is 16.7. The Morgan fingerprint density at radius 2 is 1.62 bits per heavy atom. The molecule has 0 bridgehead atoms. The third-order valence-corrected chi connectivity index (χ3v) is 6.11. The highest BCUT2D eigenvalue weighted by atomic mass is 32.2. The molecule has 0 N–H and O–H groups in total. The van der Waals surface area contributed by atoms with Gasteiger partial charge in [0.25, 0.3) is 10.0 Å². The predicted molar refractivity (Wildman–Crippen MR) is 91.7 cm³/mol. The Labute approximate surface area is 141 Å². The molecule has 2 heterocycles. The molecule has 0 saturated heterocycles. The molecule has 6 nitrogen and oxygen atoms in total. The van der Waals surface area contributed by atoms with Gasteiger partial charge in [0.15, 0.2) is 11.5 Å². The molecule has 7 heteroatoms. The molecule has 126 valence electrons. The van der Waals surface area contributed by atoms with Crippen LogP contribution in [0.3, 0.4) is 0 Å². The van der Waals surface area contributed by atoms with Crippen LogP contribution in [0.15, 0.2) is 47.4 Å². The predicted octanol–water partition coefficient (Wildman–Crippen LogP) is 2.10. The van der Waals surface area contributed by atoms with Crippen LogP contribution >= 0.6 is 0 Å². The molecular formula is C17H18N2O4S. The Morgan fingerprint density at radius 3 is 2.42 bits per heavy atom. The minimum absolute atomic E-state index is 0.214. The highest BCUT2D eigenvalue weighted by molar-refractivity contribution is 7.92. The van der Waals surface area contributed by atoms with Crippen LogP contribution in [-0.4, -0.2) is 41.8 Å². The quantitative estimate of drug-likeness (QED) is 0.833. The van der Waals surface area contributed by atoms with Gasteiger partial charge in [-0.25, -0.2) is 8.42 Å². The molecule has 0 fully saturated rings. The van der Waals surface area contributed by atoms with E-state index < -0.39 is 10.0 Å². The molecule has 0 spiro atoms. The summed E-state index contributed by atoms with van der Waals surface area (Å²) in [5, 5.41) is 0. The number of para-hydroxylation sites is 2. The fourth-order valence-electron chi connectivity index (χ4n) is 3.04. The maximum Gasteiger partial charge on any atom is 0.264 e. The number of anilines is 2. The number of hydrogen-bond donors (Lipinski definition) is 0. The van der Waals surface area contributed by atoms with E-state index in [2.05, 4.69) is 4.90 Å². The van der Waals surface area contributed by atoms with Crippen molar-refractivity contribution in [3.05, 3.63) is 42.5 Å². The van der Waals surface area contributed by atoms with Crippen molar-refractivity contribution < 1.29 is 17.9 Å². The van der Waals surface area contributed by atoms with Crippen molar-refractivity contribution in [2.24, 2.45) is 0 Å². The fraction of sp³-hybridized carbons (Fsp3) is 0.294. The summed E-state index contributed by atoms with van der Waals surface area (Å²) >= 11 is 0. The Hall–Kier alpha value is -2.41. The number of likely N-dealkylation sites (N-methyl/N-ethyl adjacent to an activating group) is 1. The summed E-state index contributed by atoms with van der Waals surface area (Å²) in [6.07, 6.45) is 0. The lowest BCUT2D eigenvalue weighted by Crippen LogP contribution is -2.42. The average molecular weight is 346 g/mol. The summed E-state index contributed by atoms with van der Waals surface area (Å²) in [7, 11) is -1.70. The summed E-state index contributed by atoms with van der Waals surface area (Å²) in [5.41, 5.74) is 1.60. The second-order valence-corrected chi connectivity index (χ2v) is 7.66. The smallest absolute Gasteiger partial charge is 0.264 e. The molecule has 2 aliphatic heterocycles. The van der Waals surface area contributed by atoms with E-state index in [4.69, 9.17) is 9.47 Å². The molecule has 4 rings (SSSR count). The number of sulfonamides is 1. The van der Waals surface area contributed by atoms with Crippen LogP contribution in [0.4, 0.5) is 11.4 Å². The third kappa shape index (κ3) is 2.36. The highest BCUT2D eigenvalue weighted by Crippen LogP contribution is 2.38. The van der Waals surface area contributed by atoms with Gasteiger partial charge in [-0.1, -0.05) is 12.1 Å². The van der Waals surface area contributed by atoms with E-state index in [1.165, 1.54) is 4.31 Å². The number of fused-ring (bicyclic) bond motifs is 2. The second-order valence-electron chi connectivity index (χ2n) is 5.79. The van der Waals surface area contributed by atoms with Gasteiger partial charge < -0.3 is 14.4 Å². The third-order valence-electron chi connectivity index (χ3n) is 4.30. The van der Waals surface area contributed by atoms with E-state index in [1.807, 2.05) is 31.3 Å². The second kappa shape index (κ2) is 5.59. The summed E-state index contributed by atoms with van der Waals surface area (Å²) in [4.78, 5) is 2.27. The summed E-state index contributed by atoms with van der Waals surface area (Å²) < 4.78 is 38.8. The average Bonchev–Trinajstić information content (AvgIpc) is 2.61. The van der Waals surface area contributed by atoms with Gasteiger partial charge in [-0.2, -0.15) is 0 Å². The van der Waals surface area contributed by atoms with E-state index in [9.17, 15) is 8.42 Å². The van der Waals surface area contributed by atoms with Crippen molar-refractivity contribution in [2.45, 2.75) is 4.90 Å². The number of ether oxygens (including phenoxy) is 2. The number of hydrogen-bond acceptors (Lipinski definition) is 5. The Morgan fingerprint density at radius 1 is 0.917 bits per heavy atom. The van der Waals surface area contributed by atoms with Crippen LogP contribution in [0, 0.1) is 0 Å². The molecule has 2 aromatic carbocycles. The van der Waals surface area contributed by atoms with Crippen LogP contribution in [0.1, 0.15) is 0 Å². The number of nitrogens with zero attached hydrogens (tertiary/aromatic N) is 2. The molecule has 0 unspecified atom stereocenters. The van der Waals surface area contributed by atoms with Gasteiger partial charge in [0.1, 0.15) is 13.2 Å². The van der Waals surface area contributed by atoms with Gasteiger partial charge in [-0.15, -0.1) is 0 Å². The highest BCUT2D eigenvalue weighted by Gasteiger charge is 2.31. The van der Waals surface area contributed by atoms with E-state index in [1.54, 1.807) is 18.2 Å². The van der Waals surface area contributed by atoms with Gasteiger partial charge in [0.2, 0.25) is 0 Å². The van der Waals surface area contributed by atoms with E-state index in [-0.39, 0.29) is 4.90 Å². The van der Waals surface area contributed by atoms with Gasteiger partial charge in [0.05, 0.1) is 22.8 Å². The molecule has 2 aliphatic rings. The molecule has 0 amide bonds. The largest absolute Gasteiger partial charge is 0.486 e. The van der Waals surface area contributed by atoms with Crippen molar-refractivity contribution in [3.8, 4) is 11.5 Å². The minimum Gasteiger partial charge on any atom is -0.486 e. The number of benzene rings is 2. The van der Waals surface area contributed by atoms with Crippen molar-refractivity contribution in [1.29, 1.82) is 0 Å². The van der Waals surface area contributed by atoms with E-state index in [0.717, 1.165) is 5.69 Å². The van der Waals surface area contributed by atoms with Crippen molar-refractivity contribution in [1.82, 2.24) is 0 Å². The molecule has 0 aromatic heterocycles. The standard InChI is InChI=1S/C17H18N2O4S/c1-18-8-9-19(15-5-3-2-4-14(15)18)24(20,21)13-6-7-16-17(12-13)23-11-10-22-16/h2-7,12H,8-11H2,1H3. The first kappa shape index (κ1) is 15.1. The maximum absolute atomic E-state index is 13.2. The maximum atomic E-state index is 13.2. The van der Waals surface area contributed by atoms with Crippen molar-refractivity contribution in [3.63, 3.8) is 0 Å². The summed E-state index contributed by atoms with van der Waals surface area (Å²) in [6, 6.07) is 12.3. The van der Waals surface area contributed by atoms with E-state index in [0.29, 0.717) is 43.5 Å². The Bertz CT molecular complexity index is 882. The topological polar surface area (TPSA) is 59.1 Å². The Balaban J connectivity index is 1.77. The lowest BCUT2D eigenvalue weighted by Gasteiger charge is -2.36. The molecule has 0 saturated carbocycles. The fourth-order valence-corrected chi connectivity index (χ4v) is 4.53. The minimum atomic E-state index is -3.66. The Kier molecular flexibility index (Phi) is 3.53. The number of rotatable bonds is 2. The van der Waals surface area contributed by atoms with Crippen molar-refractivity contribution >= 4 is 21.4 Å². The first-order chi connectivity index (χ1) is 11.6. The first-order valence-electron chi connectivity index (χ1n) is 7.80. The zero-order chi connectivity index (χ0) is 16.7. The van der Waals surface area contributed by atoms with Crippen LogP contribution < -0.4 is 18.7 Å². The van der Waals surface area contributed by atoms with Crippen molar-refractivity contribution in [2.75, 3.05) is 42.6 Å². The van der Waals surface area contributed by atoms with E-state index >= 15 is 0 Å². The van der Waals surface area contributed by atoms with Gasteiger partial charge >= 0.3 is 0 Å². The molecule has 24 heavy (non-hydrogen) atoms. The van der Waals surface area contributed by atoms with Crippen LogP contribution in [-0.2, 0) is 10.0 Å². The molecule has 0 aliphatic carbocycles. The molecule has 0 radical (unpaired) electrons. The molecule has 0 atom stereocenters. The van der Waals surface area contributed by atoms with Crippen LogP contribution in [0.25, 0.3) is 0 Å². The molecule has 2 aromatic rings. The monoisotopic (exact) mass is 346 g/mol. The van der Waals surface area contributed by atoms with Crippen LogP contribution in [0.5, 0.6) is 11.5 Å². The van der Waals surface area contributed by atoms with Gasteiger partial charge in [-0.05, 0) is 24.3 Å². The SMILES string of the molecule is CN1CCN(S(=O)(=O)c2ccc3c(c2)OCCO3)c2ccccc21. The van der Waals surface area contributed by atoms with Gasteiger partial charge in [-0.3, -0.25) is 4.31 Å². The molecular weight excluding hydrogens is 328 g/mol.